The van der Waals surface area contributed by atoms with Crippen molar-refractivity contribution in [3.05, 3.63) is 5.82 Å². The van der Waals surface area contributed by atoms with Gasteiger partial charge >= 0.3 is 6.01 Å². The maximum absolute atomic E-state index is 10.0. The van der Waals surface area contributed by atoms with Crippen molar-refractivity contribution in [1.29, 1.82) is 0 Å². The molecular formula is C13H21N3O6. The maximum Gasteiger partial charge on any atom is 0.324 e. The molecule has 3 rings (SSSR count). The second kappa shape index (κ2) is 6.47. The van der Waals surface area contributed by atoms with Crippen LogP contribution in [0.4, 0.5) is 6.01 Å². The van der Waals surface area contributed by atoms with Gasteiger partial charge in [0.25, 0.3) is 0 Å². The number of aromatic nitrogens is 2. The normalized spacial score (nSPS) is 36.5. The predicted octanol–water partition coefficient (Wildman–Crippen LogP) is -1.43. The van der Waals surface area contributed by atoms with Gasteiger partial charge in [-0.05, 0) is 19.3 Å². The molecule has 0 saturated carbocycles. The van der Waals surface area contributed by atoms with E-state index in [-0.39, 0.29) is 5.82 Å². The van der Waals surface area contributed by atoms with Crippen LogP contribution in [-0.2, 0) is 4.74 Å². The van der Waals surface area contributed by atoms with Gasteiger partial charge in [0, 0.05) is 13.1 Å². The summed E-state index contributed by atoms with van der Waals surface area (Å²) in [6.45, 7) is 1.17. The van der Waals surface area contributed by atoms with Crippen molar-refractivity contribution in [2.75, 3.05) is 24.6 Å². The van der Waals surface area contributed by atoms with Gasteiger partial charge < -0.3 is 34.6 Å². The SMILES string of the molecule is OC[C@H]1O[C@@H](c2noc(N3CCCCC3)n2)[C@H](O)[C@@H](O)[C@@H]1O. The highest BCUT2D eigenvalue weighted by molar-refractivity contribution is 5.26. The zero-order chi connectivity index (χ0) is 15.7. The largest absolute Gasteiger partial charge is 0.394 e. The first-order chi connectivity index (χ1) is 10.6. The van der Waals surface area contributed by atoms with Crippen molar-refractivity contribution in [1.82, 2.24) is 10.1 Å². The van der Waals surface area contributed by atoms with E-state index in [1.54, 1.807) is 0 Å². The minimum Gasteiger partial charge on any atom is -0.394 e. The standard InChI is InChI=1S/C13H21N3O6/c17-6-7-8(18)9(19)10(20)11(21-7)12-14-13(22-15-12)16-4-2-1-3-5-16/h7-11,17-20H,1-6H2/t7-,8-,9+,10-,11-/m1/s1. The number of hydrogen-bond acceptors (Lipinski definition) is 9. The second-order valence-electron chi connectivity index (χ2n) is 5.73. The Morgan fingerprint density at radius 2 is 1.77 bits per heavy atom. The molecule has 0 spiro atoms. The van der Waals surface area contributed by atoms with Gasteiger partial charge in [-0.1, -0.05) is 5.16 Å². The first-order valence-electron chi connectivity index (χ1n) is 7.51. The average Bonchev–Trinajstić information content (AvgIpc) is 3.04. The van der Waals surface area contributed by atoms with E-state index in [9.17, 15) is 20.4 Å². The number of aliphatic hydroxyl groups excluding tert-OH is 4. The molecule has 9 nitrogen and oxygen atoms in total. The van der Waals surface area contributed by atoms with Crippen molar-refractivity contribution in [3.63, 3.8) is 0 Å². The monoisotopic (exact) mass is 315 g/mol. The van der Waals surface area contributed by atoms with Crippen molar-refractivity contribution < 1.29 is 29.7 Å². The van der Waals surface area contributed by atoms with Crippen LogP contribution in [0, 0.1) is 0 Å². The van der Waals surface area contributed by atoms with Crippen LogP contribution >= 0.6 is 0 Å². The molecule has 0 bridgehead atoms. The molecule has 124 valence electrons. The molecule has 0 aliphatic carbocycles. The second-order valence-corrected chi connectivity index (χ2v) is 5.73. The van der Waals surface area contributed by atoms with E-state index in [4.69, 9.17) is 9.26 Å². The highest BCUT2D eigenvalue weighted by atomic mass is 16.6. The number of hydrogen-bond donors (Lipinski definition) is 4. The van der Waals surface area contributed by atoms with E-state index in [2.05, 4.69) is 10.1 Å². The maximum atomic E-state index is 10.0. The molecule has 22 heavy (non-hydrogen) atoms. The summed E-state index contributed by atoms with van der Waals surface area (Å²) < 4.78 is 10.6. The zero-order valence-corrected chi connectivity index (χ0v) is 12.1. The molecule has 4 N–H and O–H groups in total. The van der Waals surface area contributed by atoms with Gasteiger partial charge in [0.15, 0.2) is 0 Å². The molecule has 2 aliphatic heterocycles. The molecule has 2 saturated heterocycles. The lowest BCUT2D eigenvalue weighted by molar-refractivity contribution is -0.233. The summed E-state index contributed by atoms with van der Waals surface area (Å²) in [5.74, 6) is 0.0949. The van der Waals surface area contributed by atoms with Crippen molar-refractivity contribution >= 4 is 6.01 Å². The fourth-order valence-corrected chi connectivity index (χ4v) is 2.87. The number of piperidine rings is 1. The molecular weight excluding hydrogens is 294 g/mol. The van der Waals surface area contributed by atoms with Gasteiger partial charge in [-0.2, -0.15) is 4.98 Å². The van der Waals surface area contributed by atoms with Gasteiger partial charge in [-0.3, -0.25) is 0 Å². The number of anilines is 1. The van der Waals surface area contributed by atoms with Crippen LogP contribution in [-0.4, -0.2) is 74.7 Å². The Balaban J connectivity index is 1.76. The third-order valence-electron chi connectivity index (χ3n) is 4.20. The Morgan fingerprint density at radius 1 is 1.05 bits per heavy atom. The van der Waals surface area contributed by atoms with E-state index in [1.807, 2.05) is 4.90 Å². The molecule has 3 heterocycles. The summed E-state index contributed by atoms with van der Waals surface area (Å²) in [5.41, 5.74) is 0. The summed E-state index contributed by atoms with van der Waals surface area (Å²) in [4.78, 5) is 6.19. The van der Waals surface area contributed by atoms with E-state index in [0.29, 0.717) is 6.01 Å². The van der Waals surface area contributed by atoms with E-state index >= 15 is 0 Å². The first-order valence-corrected chi connectivity index (χ1v) is 7.51. The molecule has 2 fully saturated rings. The Kier molecular flexibility index (Phi) is 4.59. The third kappa shape index (κ3) is 2.82. The topological polar surface area (TPSA) is 132 Å². The van der Waals surface area contributed by atoms with Crippen LogP contribution < -0.4 is 4.90 Å². The fraction of sp³-hybridized carbons (Fsp3) is 0.846. The van der Waals surface area contributed by atoms with Gasteiger partial charge in [-0.15, -0.1) is 0 Å². The van der Waals surface area contributed by atoms with Crippen LogP contribution in [0.1, 0.15) is 31.2 Å². The van der Waals surface area contributed by atoms with Gasteiger partial charge in [0.05, 0.1) is 6.61 Å². The Labute approximate surface area is 127 Å². The molecule has 5 atom stereocenters. The highest BCUT2D eigenvalue weighted by Gasteiger charge is 2.46. The summed E-state index contributed by atoms with van der Waals surface area (Å²) in [6, 6.07) is 0.353. The zero-order valence-electron chi connectivity index (χ0n) is 12.1. The quantitative estimate of drug-likeness (QED) is 0.530. The Morgan fingerprint density at radius 3 is 2.45 bits per heavy atom. The van der Waals surface area contributed by atoms with E-state index in [1.165, 1.54) is 6.42 Å². The lowest BCUT2D eigenvalue weighted by atomic mass is 9.95. The van der Waals surface area contributed by atoms with E-state index in [0.717, 1.165) is 25.9 Å². The first kappa shape index (κ1) is 15.6. The van der Waals surface area contributed by atoms with Crippen molar-refractivity contribution in [2.45, 2.75) is 49.8 Å². The summed E-state index contributed by atoms with van der Waals surface area (Å²) >= 11 is 0. The minimum absolute atomic E-state index is 0.0949. The van der Waals surface area contributed by atoms with Crippen LogP contribution in [0.5, 0.6) is 0 Å². The minimum atomic E-state index is -1.45. The number of nitrogens with zero attached hydrogens (tertiary/aromatic N) is 3. The summed E-state index contributed by atoms with van der Waals surface area (Å²) in [6.07, 6.45) is -3.01. The number of aliphatic hydroxyl groups is 4. The van der Waals surface area contributed by atoms with E-state index < -0.39 is 37.1 Å². The summed E-state index contributed by atoms with van der Waals surface area (Å²) in [5, 5.41) is 42.6. The Hall–Kier alpha value is -1.26. The van der Waals surface area contributed by atoms with Gasteiger partial charge in [-0.25, -0.2) is 0 Å². The molecule has 1 aromatic rings. The summed E-state index contributed by atoms with van der Waals surface area (Å²) in [7, 11) is 0. The van der Waals surface area contributed by atoms with Crippen molar-refractivity contribution in [3.8, 4) is 0 Å². The fourth-order valence-electron chi connectivity index (χ4n) is 2.87. The van der Waals surface area contributed by atoms with Crippen LogP contribution in [0.3, 0.4) is 0 Å². The molecule has 0 radical (unpaired) electrons. The molecule has 0 unspecified atom stereocenters. The van der Waals surface area contributed by atoms with Crippen LogP contribution in [0.25, 0.3) is 0 Å². The molecule has 1 aromatic heterocycles. The van der Waals surface area contributed by atoms with Crippen LogP contribution in [0.15, 0.2) is 4.52 Å². The van der Waals surface area contributed by atoms with Crippen molar-refractivity contribution in [2.24, 2.45) is 0 Å². The average molecular weight is 315 g/mol. The number of ether oxygens (including phenoxy) is 1. The lowest BCUT2D eigenvalue weighted by Gasteiger charge is -2.38. The number of rotatable bonds is 3. The molecule has 9 heteroatoms. The molecule has 2 aliphatic rings. The van der Waals surface area contributed by atoms with Gasteiger partial charge in [0.2, 0.25) is 5.82 Å². The lowest BCUT2D eigenvalue weighted by Crippen LogP contribution is -2.55. The predicted molar refractivity (Wildman–Crippen MR) is 73.1 cm³/mol. The molecule has 0 amide bonds. The highest BCUT2D eigenvalue weighted by Crippen LogP contribution is 2.32. The third-order valence-corrected chi connectivity index (χ3v) is 4.20. The smallest absolute Gasteiger partial charge is 0.324 e. The van der Waals surface area contributed by atoms with Gasteiger partial charge in [0.1, 0.15) is 30.5 Å². The Bertz CT molecular complexity index is 490. The molecule has 0 aromatic carbocycles. The van der Waals surface area contributed by atoms with Crippen LogP contribution in [0.2, 0.25) is 0 Å².